The average molecular weight is 1480 g/mol. The minimum atomic E-state index is -0.870. The summed E-state index contributed by atoms with van der Waals surface area (Å²) in [5.41, 5.74) is 1.76. The summed E-state index contributed by atoms with van der Waals surface area (Å²) in [6.45, 7) is 16.1. The highest BCUT2D eigenvalue weighted by molar-refractivity contribution is 8.24. The molecule has 2 unspecified atom stereocenters. The van der Waals surface area contributed by atoms with Gasteiger partial charge in [-0.2, -0.15) is 23.5 Å². The number of hydrogen-bond acceptors (Lipinski definition) is 21. The Kier molecular flexibility index (Phi) is 40.9. The second kappa shape index (κ2) is 47.0. The average Bonchev–Trinajstić information content (AvgIpc) is 1.66. The van der Waals surface area contributed by atoms with Gasteiger partial charge in [0.25, 0.3) is 41.9 Å². The van der Waals surface area contributed by atoms with E-state index in [4.69, 9.17) is 30.4 Å². The van der Waals surface area contributed by atoms with Crippen molar-refractivity contribution in [2.45, 2.75) is 192 Å². The summed E-state index contributed by atoms with van der Waals surface area (Å²) < 4.78 is 43.4. The maximum Gasteiger partial charge on any atom is 0.407 e. The number of thioether (sulfide) groups is 2. The van der Waals surface area contributed by atoms with Gasteiger partial charge < -0.3 is 58.8 Å². The van der Waals surface area contributed by atoms with Crippen LogP contribution < -0.4 is 10.6 Å². The summed E-state index contributed by atoms with van der Waals surface area (Å²) in [5, 5.41) is 22.5. The molecule has 2 saturated heterocycles. The fourth-order valence-electron chi connectivity index (χ4n) is 11.2. The number of unbranched alkanes of at least 4 members (excludes halogenated alkanes) is 6. The van der Waals surface area contributed by atoms with Gasteiger partial charge in [-0.1, -0.05) is 63.1 Å². The number of nitrogens with zero attached hydrogens (tertiary/aromatic N) is 3. The van der Waals surface area contributed by atoms with Crippen LogP contribution in [0.5, 0.6) is 0 Å². The first kappa shape index (κ1) is 86.1. The van der Waals surface area contributed by atoms with Crippen molar-refractivity contribution in [2.24, 2.45) is 11.8 Å². The van der Waals surface area contributed by atoms with Crippen molar-refractivity contribution in [3.8, 4) is 0 Å². The third-order valence-corrected chi connectivity index (χ3v) is 19.3. The Hall–Kier alpha value is -5.34. The maximum atomic E-state index is 12.7. The molecule has 5 aliphatic rings. The molecular formula is C71H108N5O18P2S3+. The SMILES string of the molecule is CO.COC(OC)OC.C[C@H]1CS[C@@H](CCCCC(OCCCCN2C(=O)c3ccccc3C2=O)OCCCCN2C(=O)c3ccccc3C2=O)[C@H]1NC(=O)OC(C)(C)C.C[C@H]1CS[C@@H](CCCCC=O)[C@H]1NC(=O)OC(C)(C)C.O=C1c2ccccc2C(=O)N1CCCCO.[3H][P+](P)=S. The third-order valence-electron chi connectivity index (χ3n) is 15.9. The Morgan fingerprint density at radius 1 is 0.586 bits per heavy atom. The number of amides is 8. The number of benzene rings is 3. The van der Waals surface area contributed by atoms with Gasteiger partial charge in [0.1, 0.15) is 17.5 Å². The van der Waals surface area contributed by atoms with Crippen LogP contribution in [0.1, 0.15) is 207 Å². The summed E-state index contributed by atoms with van der Waals surface area (Å²) >= 11 is 8.13. The molecule has 0 radical (unpaired) electrons. The van der Waals surface area contributed by atoms with Gasteiger partial charge in [-0.05, 0) is 172 Å². The Morgan fingerprint density at radius 3 is 1.18 bits per heavy atom. The molecule has 8 rings (SSSR count). The molecule has 8 amide bonds. The van der Waals surface area contributed by atoms with Gasteiger partial charge in [0, 0.05) is 96.9 Å². The molecule has 552 valence electrons. The summed E-state index contributed by atoms with van der Waals surface area (Å²) in [7, 11) is 7.74. The van der Waals surface area contributed by atoms with Gasteiger partial charge >= 0.3 is 13.5 Å². The molecule has 23 nitrogen and oxygen atoms in total. The van der Waals surface area contributed by atoms with Crippen molar-refractivity contribution in [1.29, 1.82) is 1.28 Å². The maximum absolute atomic E-state index is 12.7. The van der Waals surface area contributed by atoms with Crippen LogP contribution in [-0.4, -0.2) is 206 Å². The monoisotopic (exact) mass is 1480 g/mol. The van der Waals surface area contributed by atoms with Gasteiger partial charge in [0.05, 0.1) is 42.3 Å². The van der Waals surface area contributed by atoms with E-state index in [1.54, 1.807) is 72.8 Å². The van der Waals surface area contributed by atoms with Gasteiger partial charge in [-0.3, -0.25) is 43.5 Å². The Morgan fingerprint density at radius 2 is 0.899 bits per heavy atom. The van der Waals surface area contributed by atoms with E-state index >= 15 is 0 Å². The molecule has 99 heavy (non-hydrogen) atoms. The van der Waals surface area contributed by atoms with Crippen molar-refractivity contribution in [1.82, 2.24) is 25.3 Å². The zero-order valence-electron chi connectivity index (χ0n) is 60.7. The number of aldehydes is 1. The smallest absolute Gasteiger partial charge is 0.407 e. The molecule has 5 heterocycles. The van der Waals surface area contributed by atoms with Crippen LogP contribution in [0, 0.1) is 11.8 Å². The topological polar surface area (TPSA) is 292 Å². The minimum Gasteiger partial charge on any atom is -0.444 e. The van der Waals surface area contributed by atoms with Crippen molar-refractivity contribution in [3.63, 3.8) is 0 Å². The molecule has 4 N–H and O–H groups in total. The molecule has 3 aromatic carbocycles. The number of hydrogen-bond donors (Lipinski definition) is 4. The molecular weight excluding hydrogens is 1370 g/mol. The Labute approximate surface area is 604 Å². The second-order valence-corrected chi connectivity index (χ2v) is 31.1. The predicted octanol–water partition coefficient (Wildman–Crippen LogP) is 11.9. The number of aliphatic hydroxyl groups is 2. The molecule has 3 aromatic rings. The first-order chi connectivity index (χ1) is 47.6. The molecule has 8 atom stereocenters. The number of methoxy groups -OCH3 is 3. The van der Waals surface area contributed by atoms with E-state index in [1.165, 1.54) is 36.0 Å². The first-order valence-corrected chi connectivity index (χ1v) is 39.3. The Bertz CT molecular complexity index is 2890. The van der Waals surface area contributed by atoms with E-state index in [2.05, 4.69) is 59.4 Å². The summed E-state index contributed by atoms with van der Waals surface area (Å²) in [4.78, 5) is 113. The fourth-order valence-corrected chi connectivity index (χ4v) is 14.5. The lowest BCUT2D eigenvalue weighted by Gasteiger charge is -2.26. The molecule has 5 aliphatic heterocycles. The van der Waals surface area contributed by atoms with E-state index in [-0.39, 0.29) is 66.3 Å². The van der Waals surface area contributed by atoms with E-state index in [0.29, 0.717) is 140 Å². The van der Waals surface area contributed by atoms with Crippen LogP contribution >= 0.6 is 39.4 Å². The van der Waals surface area contributed by atoms with E-state index in [9.17, 15) is 43.2 Å². The van der Waals surface area contributed by atoms with E-state index in [0.717, 1.165) is 63.4 Å². The number of nitrogens with one attached hydrogen (secondary N) is 2. The number of ether oxygens (including phenoxy) is 7. The standard InChI is InChI=1S/C39H51N3O8S.C15H27NO3S.C12H13NO3.C4H10O3.CH4O.H2P2S/c1-26-25-51-31(33(26)40-38(47)50-39(2,3)4)19-9-10-20-32(48-23-13-11-21-41-34(43)27-15-5-6-16-28(27)35(41)44)49-24-14-12-22-42-36(45)29-17-7-8-18-30(29)37(42)46;1-11-10-20-12(8-6-5-7-9-17)13(11)16-14(18)19-15(2,3)4;14-8-4-3-7-13-11(15)9-5-1-2-6-10(9)12(13)16;1-5-4(6-2)7-3;1-2;1-2-3/h5-8,15-18,26,31-33H,9-14,19-25H2,1-4H3,(H,40,47);9,11-13H,5-8,10H2,1-4H3,(H,16,18);1-2,5-6,14H,3-4,7-8H2;4H,1-3H3;2H,1H3;1H2/p+1/t26-,31-,33-;11-,12-,13-;;;;/m00..../s1/i/hT. The quantitative estimate of drug-likeness (QED) is 0.0153. The highest BCUT2D eigenvalue weighted by Gasteiger charge is 2.39. The Balaban J connectivity index is 0.000000429. The van der Waals surface area contributed by atoms with Gasteiger partial charge in [-0.25, -0.2) is 9.59 Å². The van der Waals surface area contributed by atoms with Crippen LogP contribution in [0.15, 0.2) is 72.8 Å². The van der Waals surface area contributed by atoms with Crippen molar-refractivity contribution in [2.75, 3.05) is 79.4 Å². The molecule has 28 heteroatoms. The third kappa shape index (κ3) is 29.9. The van der Waals surface area contributed by atoms with Crippen LogP contribution in [0.3, 0.4) is 0 Å². The van der Waals surface area contributed by atoms with Gasteiger partial charge in [0.2, 0.25) is 0 Å². The predicted molar refractivity (Wildman–Crippen MR) is 394 cm³/mol. The summed E-state index contributed by atoms with van der Waals surface area (Å²) in [6, 6.07) is 20.9. The largest absolute Gasteiger partial charge is 0.444 e. The second-order valence-electron chi connectivity index (χ2n) is 25.8. The number of imide groups is 3. The van der Waals surface area contributed by atoms with Crippen LogP contribution in [0.4, 0.5) is 9.59 Å². The highest BCUT2D eigenvalue weighted by atomic mass is 32.6. The molecule has 0 spiro atoms. The number of alkyl carbamates (subject to hydrolysis) is 2. The van der Waals surface area contributed by atoms with E-state index < -0.39 is 31.0 Å². The zero-order chi connectivity index (χ0) is 74.5. The lowest BCUT2D eigenvalue weighted by atomic mass is 9.97. The van der Waals surface area contributed by atoms with Crippen molar-refractivity contribution in [3.05, 3.63) is 106 Å². The minimum absolute atomic E-state index is 0.0532. The fraction of sp³-hybridized carbons (Fsp3) is 0.620. The number of carbonyl (C=O) groups is 9. The van der Waals surface area contributed by atoms with Gasteiger partial charge in [0.15, 0.2) is 25.1 Å². The zero-order valence-corrected chi connectivity index (χ0v) is 64.2. The first-order valence-electron chi connectivity index (χ1n) is 34.2. The van der Waals surface area contributed by atoms with Crippen LogP contribution in [0.25, 0.3) is 0 Å². The van der Waals surface area contributed by atoms with Crippen molar-refractivity contribution < 1.29 is 86.5 Å². The molecule has 0 saturated carbocycles. The van der Waals surface area contributed by atoms with Crippen LogP contribution in [-0.2, 0) is 49.8 Å². The number of fused-ring (bicyclic) bond motifs is 3. The number of rotatable bonds is 31. The number of carbonyl (C=O) groups excluding carboxylic acids is 9. The van der Waals surface area contributed by atoms with Gasteiger partial charge in [-0.15, -0.1) is 0 Å². The lowest BCUT2D eigenvalue weighted by Crippen LogP contribution is -2.45. The van der Waals surface area contributed by atoms with Crippen molar-refractivity contribution >= 4 is 105 Å². The summed E-state index contributed by atoms with van der Waals surface area (Å²) in [6.07, 6.45) is 10.7. The van der Waals surface area contributed by atoms with E-state index in [1.807, 2.05) is 65.1 Å². The highest BCUT2D eigenvalue weighted by Crippen LogP contribution is 2.37. The van der Waals surface area contributed by atoms with Crippen LogP contribution in [0.2, 0.25) is 0 Å². The number of aliphatic hydroxyl groups excluding tert-OH is 2. The lowest BCUT2D eigenvalue weighted by molar-refractivity contribution is -0.252. The molecule has 0 aromatic heterocycles. The summed E-state index contributed by atoms with van der Waals surface area (Å²) in [5.74, 6) is 1.41. The normalized spacial score (nSPS) is 19.2. The molecule has 0 bridgehead atoms. The molecule has 0 aliphatic carbocycles. The molecule has 2 fully saturated rings.